The molecule has 2 N–H and O–H groups in total. The van der Waals surface area contributed by atoms with Gasteiger partial charge in [-0.15, -0.1) is 0 Å². The zero-order valence-electron chi connectivity index (χ0n) is 15.6. The molecule has 1 saturated heterocycles. The monoisotopic (exact) mass is 400 g/mol. The van der Waals surface area contributed by atoms with Crippen molar-refractivity contribution in [3.63, 3.8) is 0 Å². The molecular formula is C17H28N4O3S2. The average Bonchev–Trinajstić information content (AvgIpc) is 3.11. The summed E-state index contributed by atoms with van der Waals surface area (Å²) in [6, 6.07) is 5.05. The van der Waals surface area contributed by atoms with Crippen molar-refractivity contribution in [2.45, 2.75) is 24.7 Å². The second kappa shape index (κ2) is 9.50. The molecule has 0 amide bonds. The summed E-state index contributed by atoms with van der Waals surface area (Å²) in [6.45, 7) is 4.89. The molecule has 26 heavy (non-hydrogen) atoms. The fraction of sp³-hybridized carbons (Fsp3) is 0.588. The summed E-state index contributed by atoms with van der Waals surface area (Å²) in [5, 5.41) is 6.61. The number of sulfonamides is 1. The Labute approximate surface area is 161 Å². The Morgan fingerprint density at radius 2 is 2.00 bits per heavy atom. The van der Waals surface area contributed by atoms with E-state index in [-0.39, 0.29) is 4.90 Å². The SMILES string of the molecule is CCOc1ccc(NC(=S)NCCN(C)C)cc1S(=O)(=O)N1CCCC1. The molecule has 1 heterocycles. The Hall–Kier alpha value is -1.42. The van der Waals surface area contributed by atoms with E-state index < -0.39 is 10.0 Å². The van der Waals surface area contributed by atoms with E-state index in [4.69, 9.17) is 17.0 Å². The van der Waals surface area contributed by atoms with Crippen LogP contribution in [0.1, 0.15) is 19.8 Å². The summed E-state index contributed by atoms with van der Waals surface area (Å²) in [4.78, 5) is 2.23. The Balaban J connectivity index is 2.18. The molecule has 0 aliphatic carbocycles. The van der Waals surface area contributed by atoms with Crippen molar-refractivity contribution < 1.29 is 13.2 Å². The smallest absolute Gasteiger partial charge is 0.246 e. The lowest BCUT2D eigenvalue weighted by atomic mass is 10.3. The third kappa shape index (κ3) is 5.54. The first-order chi connectivity index (χ1) is 12.3. The van der Waals surface area contributed by atoms with Gasteiger partial charge in [0.05, 0.1) is 6.61 Å². The maximum Gasteiger partial charge on any atom is 0.246 e. The van der Waals surface area contributed by atoms with Crippen molar-refractivity contribution in [3.05, 3.63) is 18.2 Å². The van der Waals surface area contributed by atoms with Crippen LogP contribution >= 0.6 is 12.2 Å². The van der Waals surface area contributed by atoms with Gasteiger partial charge in [0.2, 0.25) is 10.0 Å². The van der Waals surface area contributed by atoms with Crippen molar-refractivity contribution in [1.82, 2.24) is 14.5 Å². The molecule has 0 aromatic heterocycles. The minimum absolute atomic E-state index is 0.183. The molecule has 1 aliphatic heterocycles. The van der Waals surface area contributed by atoms with Gasteiger partial charge in [-0.3, -0.25) is 0 Å². The van der Waals surface area contributed by atoms with Crippen LogP contribution < -0.4 is 15.4 Å². The molecule has 1 aromatic rings. The summed E-state index contributed by atoms with van der Waals surface area (Å²) in [5.41, 5.74) is 0.619. The van der Waals surface area contributed by atoms with E-state index in [0.29, 0.717) is 42.8 Å². The van der Waals surface area contributed by atoms with Crippen LogP contribution in [-0.2, 0) is 10.0 Å². The van der Waals surface area contributed by atoms with Crippen LogP contribution in [0.3, 0.4) is 0 Å². The zero-order chi connectivity index (χ0) is 19.2. The molecule has 0 atom stereocenters. The van der Waals surface area contributed by atoms with Crippen molar-refractivity contribution >= 4 is 33.0 Å². The molecule has 1 aromatic carbocycles. The Bertz CT molecular complexity index is 717. The lowest BCUT2D eigenvalue weighted by Gasteiger charge is -2.19. The Kier molecular flexibility index (Phi) is 7.63. The van der Waals surface area contributed by atoms with Crippen LogP contribution in [0.4, 0.5) is 5.69 Å². The zero-order valence-corrected chi connectivity index (χ0v) is 17.3. The average molecular weight is 401 g/mol. The van der Waals surface area contributed by atoms with E-state index in [9.17, 15) is 8.42 Å². The first kappa shape index (κ1) is 20.9. The highest BCUT2D eigenvalue weighted by atomic mass is 32.2. The van der Waals surface area contributed by atoms with E-state index >= 15 is 0 Å². The maximum absolute atomic E-state index is 13.0. The lowest BCUT2D eigenvalue weighted by Crippen LogP contribution is -2.34. The fourth-order valence-corrected chi connectivity index (χ4v) is 4.59. The number of anilines is 1. The topological polar surface area (TPSA) is 73.9 Å². The maximum atomic E-state index is 13.0. The quantitative estimate of drug-likeness (QED) is 0.644. The van der Waals surface area contributed by atoms with Gasteiger partial charge in [0, 0.05) is 31.9 Å². The second-order valence-electron chi connectivity index (χ2n) is 6.39. The lowest BCUT2D eigenvalue weighted by molar-refractivity contribution is 0.330. The normalized spacial score (nSPS) is 15.2. The van der Waals surface area contributed by atoms with Gasteiger partial charge in [-0.25, -0.2) is 8.42 Å². The van der Waals surface area contributed by atoms with E-state index in [0.717, 1.165) is 19.4 Å². The molecule has 2 rings (SSSR count). The highest BCUT2D eigenvalue weighted by Crippen LogP contribution is 2.31. The molecule has 9 heteroatoms. The van der Waals surface area contributed by atoms with Crippen molar-refractivity contribution in [2.75, 3.05) is 52.2 Å². The third-order valence-electron chi connectivity index (χ3n) is 4.03. The molecular weight excluding hydrogens is 372 g/mol. The molecule has 0 bridgehead atoms. The van der Waals surface area contributed by atoms with Crippen molar-refractivity contribution in [3.8, 4) is 5.75 Å². The number of nitrogens with one attached hydrogen (secondary N) is 2. The number of benzene rings is 1. The van der Waals surface area contributed by atoms with Crippen molar-refractivity contribution in [1.29, 1.82) is 0 Å². The summed E-state index contributed by atoms with van der Waals surface area (Å²) < 4.78 is 33.0. The number of hydrogen-bond acceptors (Lipinski definition) is 5. The van der Waals surface area contributed by atoms with Gasteiger partial charge in [-0.2, -0.15) is 4.31 Å². The van der Waals surface area contributed by atoms with Gasteiger partial charge >= 0.3 is 0 Å². The van der Waals surface area contributed by atoms with Crippen molar-refractivity contribution in [2.24, 2.45) is 0 Å². The Morgan fingerprint density at radius 1 is 1.31 bits per heavy atom. The van der Waals surface area contributed by atoms with Crippen LogP contribution in [-0.4, -0.2) is 69.6 Å². The van der Waals surface area contributed by atoms with Gasteiger partial charge in [0.15, 0.2) is 5.11 Å². The number of thiocarbonyl (C=S) groups is 1. The van der Waals surface area contributed by atoms with Crippen LogP contribution in [0, 0.1) is 0 Å². The molecule has 0 unspecified atom stereocenters. The first-order valence-corrected chi connectivity index (χ1v) is 10.7. The summed E-state index contributed by atoms with van der Waals surface area (Å²) in [6.07, 6.45) is 1.78. The van der Waals surface area contributed by atoms with E-state index in [1.165, 1.54) is 4.31 Å². The predicted octanol–water partition coefficient (Wildman–Crippen LogP) is 1.72. The number of rotatable bonds is 8. The third-order valence-corrected chi connectivity index (χ3v) is 6.20. The van der Waals surface area contributed by atoms with Gasteiger partial charge in [0.25, 0.3) is 0 Å². The molecule has 1 aliphatic rings. The van der Waals surface area contributed by atoms with Gasteiger partial charge in [-0.05, 0) is 64.3 Å². The number of ether oxygens (including phenoxy) is 1. The number of nitrogens with zero attached hydrogens (tertiary/aromatic N) is 2. The number of likely N-dealkylation sites (N-methyl/N-ethyl adjacent to an activating group) is 1. The first-order valence-electron chi connectivity index (χ1n) is 8.81. The molecule has 0 spiro atoms. The number of hydrogen-bond donors (Lipinski definition) is 2. The molecule has 0 saturated carbocycles. The largest absolute Gasteiger partial charge is 0.492 e. The van der Waals surface area contributed by atoms with Gasteiger partial charge < -0.3 is 20.3 Å². The minimum Gasteiger partial charge on any atom is -0.492 e. The summed E-state index contributed by atoms with van der Waals surface area (Å²) in [7, 11) is 0.392. The standard InChI is InChI=1S/C17H28N4O3S2/c1-4-24-15-8-7-14(19-17(25)18-9-12-20(2)3)13-16(15)26(22,23)21-10-5-6-11-21/h7-8,13H,4-6,9-12H2,1-3H3,(H2,18,19,25). The van der Waals surface area contributed by atoms with Crippen LogP contribution in [0.5, 0.6) is 5.75 Å². The van der Waals surface area contributed by atoms with Crippen LogP contribution in [0.15, 0.2) is 23.1 Å². The molecule has 7 nitrogen and oxygen atoms in total. The summed E-state index contributed by atoms with van der Waals surface area (Å²) in [5.74, 6) is 0.372. The van der Waals surface area contributed by atoms with E-state index in [1.54, 1.807) is 18.2 Å². The van der Waals surface area contributed by atoms with E-state index in [2.05, 4.69) is 10.6 Å². The van der Waals surface area contributed by atoms with Gasteiger partial charge in [0.1, 0.15) is 10.6 Å². The molecule has 146 valence electrons. The van der Waals surface area contributed by atoms with Crippen LogP contribution in [0.25, 0.3) is 0 Å². The minimum atomic E-state index is -3.58. The highest BCUT2D eigenvalue weighted by Gasteiger charge is 2.30. The predicted molar refractivity (Wildman–Crippen MR) is 108 cm³/mol. The van der Waals surface area contributed by atoms with Gasteiger partial charge in [-0.1, -0.05) is 0 Å². The Morgan fingerprint density at radius 3 is 2.62 bits per heavy atom. The summed E-state index contributed by atoms with van der Waals surface area (Å²) >= 11 is 5.28. The van der Waals surface area contributed by atoms with E-state index in [1.807, 2.05) is 25.9 Å². The second-order valence-corrected chi connectivity index (χ2v) is 8.70. The molecule has 1 fully saturated rings. The highest BCUT2D eigenvalue weighted by molar-refractivity contribution is 7.89. The van der Waals surface area contributed by atoms with Crippen LogP contribution in [0.2, 0.25) is 0 Å². The fourth-order valence-electron chi connectivity index (χ4n) is 2.70. The molecule has 0 radical (unpaired) electrons.